The molecule has 40 heavy (non-hydrogen) atoms. The minimum atomic E-state index is -0.0397. The van der Waals surface area contributed by atoms with Crippen molar-refractivity contribution in [1.29, 1.82) is 0 Å². The molecule has 6 rings (SSSR count). The highest BCUT2D eigenvalue weighted by Gasteiger charge is 2.20. The molecule has 212 valence electrons. The molecule has 4 heterocycles. The highest BCUT2D eigenvalue weighted by Crippen LogP contribution is 2.49. The molecule has 0 bridgehead atoms. The van der Waals surface area contributed by atoms with Crippen LogP contribution in [0, 0.1) is 0 Å². The number of thiophene rings is 2. The van der Waals surface area contributed by atoms with Gasteiger partial charge in [0.2, 0.25) is 0 Å². The van der Waals surface area contributed by atoms with Crippen LogP contribution in [0.5, 0.6) is 0 Å². The van der Waals surface area contributed by atoms with Gasteiger partial charge in [0, 0.05) is 34.2 Å². The predicted molar refractivity (Wildman–Crippen MR) is 176 cm³/mol. The SMILES string of the molecule is CCCCCCCCNc1cc2ccc3c(sc4c5ccc6cc(C(N)CCCCCCC)oc6c5sc34)c2o1. The average Bonchev–Trinajstić information content (AvgIpc) is 3.72. The van der Waals surface area contributed by atoms with E-state index in [1.54, 1.807) is 0 Å². The van der Waals surface area contributed by atoms with Crippen molar-refractivity contribution in [2.24, 2.45) is 5.73 Å². The zero-order valence-electron chi connectivity index (χ0n) is 23.9. The first kappa shape index (κ1) is 27.6. The number of anilines is 1. The predicted octanol–water partition coefficient (Wildman–Crippen LogP) is 11.9. The third-order valence-electron chi connectivity index (χ3n) is 8.22. The lowest BCUT2D eigenvalue weighted by Gasteiger charge is -2.07. The summed E-state index contributed by atoms with van der Waals surface area (Å²) in [6.07, 6.45) is 15.0. The summed E-state index contributed by atoms with van der Waals surface area (Å²) in [5, 5.41) is 8.37. The van der Waals surface area contributed by atoms with E-state index in [4.69, 9.17) is 14.6 Å². The second-order valence-electron chi connectivity index (χ2n) is 11.3. The van der Waals surface area contributed by atoms with Crippen molar-refractivity contribution >= 4 is 80.1 Å². The van der Waals surface area contributed by atoms with Gasteiger partial charge in [-0.2, -0.15) is 0 Å². The zero-order chi connectivity index (χ0) is 27.5. The van der Waals surface area contributed by atoms with E-state index < -0.39 is 0 Å². The van der Waals surface area contributed by atoms with E-state index in [1.807, 2.05) is 22.7 Å². The van der Waals surface area contributed by atoms with Gasteiger partial charge in [0.15, 0.2) is 17.1 Å². The van der Waals surface area contributed by atoms with Crippen molar-refractivity contribution in [3.05, 3.63) is 42.2 Å². The van der Waals surface area contributed by atoms with Gasteiger partial charge in [-0.1, -0.05) is 102 Å². The fourth-order valence-electron chi connectivity index (χ4n) is 5.88. The van der Waals surface area contributed by atoms with Crippen LogP contribution in [0.3, 0.4) is 0 Å². The van der Waals surface area contributed by atoms with Gasteiger partial charge in [-0.3, -0.25) is 0 Å². The summed E-state index contributed by atoms with van der Waals surface area (Å²) < 4.78 is 17.9. The first-order valence-electron chi connectivity index (χ1n) is 15.4. The highest BCUT2D eigenvalue weighted by molar-refractivity contribution is 7.37. The first-order valence-corrected chi connectivity index (χ1v) is 17.0. The molecule has 1 atom stereocenters. The summed E-state index contributed by atoms with van der Waals surface area (Å²) in [6, 6.07) is 13.2. The number of unbranched alkanes of at least 4 members (excludes halogenated alkanes) is 9. The number of nitrogens with one attached hydrogen (secondary N) is 1. The molecule has 2 aromatic carbocycles. The molecular weight excluding hydrogens is 533 g/mol. The summed E-state index contributed by atoms with van der Waals surface area (Å²) in [4.78, 5) is 0. The number of hydrogen-bond acceptors (Lipinski definition) is 6. The molecule has 0 amide bonds. The fourth-order valence-corrected chi connectivity index (χ4v) is 8.70. The van der Waals surface area contributed by atoms with Crippen molar-refractivity contribution in [3.63, 3.8) is 0 Å². The molecule has 3 N–H and O–H groups in total. The maximum Gasteiger partial charge on any atom is 0.194 e. The van der Waals surface area contributed by atoms with Gasteiger partial charge in [-0.05, 0) is 18.9 Å². The Balaban J connectivity index is 1.23. The highest BCUT2D eigenvalue weighted by atomic mass is 32.1. The van der Waals surface area contributed by atoms with Crippen LogP contribution in [0.2, 0.25) is 0 Å². The maximum atomic E-state index is 6.56. The third kappa shape index (κ3) is 5.50. The Labute approximate surface area is 244 Å². The molecule has 0 spiro atoms. The van der Waals surface area contributed by atoms with E-state index in [0.717, 1.165) is 53.0 Å². The Morgan fingerprint density at radius 1 is 0.675 bits per heavy atom. The standard InChI is InChI=1S/C34H42N2O2S2/c1-3-5-7-9-11-13-19-36-28-21-23-16-18-25-32(30(23)38-28)40-33-24-17-15-22-20-27(26(35)14-12-10-8-6-4-2)37-29(22)31(24)39-34(25)33/h15-18,20-21,26,36H,3-14,19,35H2,1-2H3. The Bertz CT molecular complexity index is 1720. The summed E-state index contributed by atoms with van der Waals surface area (Å²) in [6.45, 7) is 5.48. The zero-order valence-corrected chi connectivity index (χ0v) is 25.6. The van der Waals surface area contributed by atoms with E-state index >= 15 is 0 Å². The number of rotatable bonds is 15. The molecule has 0 aliphatic rings. The minimum absolute atomic E-state index is 0.0397. The maximum absolute atomic E-state index is 6.56. The van der Waals surface area contributed by atoms with Crippen molar-refractivity contribution in [3.8, 4) is 0 Å². The van der Waals surface area contributed by atoms with Crippen LogP contribution in [-0.2, 0) is 0 Å². The molecule has 0 radical (unpaired) electrons. The number of hydrogen-bond donors (Lipinski definition) is 2. The van der Waals surface area contributed by atoms with E-state index in [1.165, 1.54) is 93.8 Å². The van der Waals surface area contributed by atoms with Crippen molar-refractivity contribution in [2.75, 3.05) is 11.9 Å². The number of nitrogens with two attached hydrogens (primary N) is 1. The molecule has 0 saturated heterocycles. The lowest BCUT2D eigenvalue weighted by Crippen LogP contribution is -2.08. The van der Waals surface area contributed by atoms with E-state index in [9.17, 15) is 0 Å². The normalized spacial score (nSPS) is 13.1. The van der Waals surface area contributed by atoms with Crippen molar-refractivity contribution in [2.45, 2.75) is 96.9 Å². The molecule has 0 fully saturated rings. The van der Waals surface area contributed by atoms with Crippen LogP contribution in [0.25, 0.3) is 51.5 Å². The Kier molecular flexibility index (Phi) is 8.66. The molecule has 0 aliphatic heterocycles. The van der Waals surface area contributed by atoms with Gasteiger partial charge in [0.25, 0.3) is 0 Å². The second-order valence-corrected chi connectivity index (χ2v) is 13.4. The van der Waals surface area contributed by atoms with Crippen LogP contribution < -0.4 is 11.1 Å². The topological polar surface area (TPSA) is 64.3 Å². The second kappa shape index (κ2) is 12.5. The molecule has 4 aromatic heterocycles. The quantitative estimate of drug-likeness (QED) is 0.120. The number of furan rings is 2. The van der Waals surface area contributed by atoms with Crippen molar-refractivity contribution in [1.82, 2.24) is 0 Å². The molecule has 6 heteroatoms. The summed E-state index contributed by atoms with van der Waals surface area (Å²) in [5.41, 5.74) is 8.54. The molecular formula is C34H42N2O2S2. The largest absolute Gasteiger partial charge is 0.458 e. The molecule has 4 nitrogen and oxygen atoms in total. The van der Waals surface area contributed by atoms with E-state index in [0.29, 0.717) is 0 Å². The number of benzene rings is 2. The molecule has 0 saturated carbocycles. The van der Waals surface area contributed by atoms with Gasteiger partial charge in [-0.15, -0.1) is 22.7 Å². The Morgan fingerprint density at radius 3 is 1.93 bits per heavy atom. The van der Waals surface area contributed by atoms with Crippen molar-refractivity contribution < 1.29 is 8.83 Å². The van der Waals surface area contributed by atoms with Crippen LogP contribution in [0.4, 0.5) is 5.88 Å². The van der Waals surface area contributed by atoms with Crippen LogP contribution in [0.15, 0.2) is 45.2 Å². The smallest absolute Gasteiger partial charge is 0.194 e. The first-order chi connectivity index (χ1) is 19.7. The lowest BCUT2D eigenvalue weighted by atomic mass is 10.1. The molecule has 6 aromatic rings. The molecule has 1 unspecified atom stereocenters. The summed E-state index contributed by atoms with van der Waals surface area (Å²) in [7, 11) is 0. The van der Waals surface area contributed by atoms with Gasteiger partial charge in [0.05, 0.1) is 24.8 Å². The van der Waals surface area contributed by atoms with Crippen LogP contribution >= 0.6 is 22.7 Å². The van der Waals surface area contributed by atoms with Crippen LogP contribution in [0.1, 0.15) is 103 Å². The van der Waals surface area contributed by atoms with Gasteiger partial charge in [-0.25, -0.2) is 0 Å². The molecule has 0 aliphatic carbocycles. The van der Waals surface area contributed by atoms with Gasteiger partial charge in [0.1, 0.15) is 5.76 Å². The van der Waals surface area contributed by atoms with Gasteiger partial charge < -0.3 is 19.9 Å². The van der Waals surface area contributed by atoms with Crippen LogP contribution in [-0.4, -0.2) is 6.54 Å². The lowest BCUT2D eigenvalue weighted by molar-refractivity contribution is 0.461. The monoisotopic (exact) mass is 574 g/mol. The Morgan fingerprint density at radius 2 is 1.25 bits per heavy atom. The minimum Gasteiger partial charge on any atom is -0.458 e. The average molecular weight is 575 g/mol. The van der Waals surface area contributed by atoms with Gasteiger partial charge >= 0.3 is 0 Å². The fraction of sp³-hybridized carbons (Fsp3) is 0.471. The summed E-state index contributed by atoms with van der Waals surface area (Å²) in [5.74, 6) is 1.79. The third-order valence-corrected chi connectivity index (χ3v) is 10.8. The van der Waals surface area contributed by atoms with E-state index in [-0.39, 0.29) is 6.04 Å². The number of fused-ring (bicyclic) bond motifs is 9. The van der Waals surface area contributed by atoms with E-state index in [2.05, 4.69) is 55.6 Å². The Hall–Kier alpha value is -2.54. The summed E-state index contributed by atoms with van der Waals surface area (Å²) >= 11 is 3.68.